The third kappa shape index (κ3) is 6.75. The van der Waals surface area contributed by atoms with Crippen molar-refractivity contribution in [2.45, 2.75) is 77.5 Å². The topological polar surface area (TPSA) is 18.5 Å². The number of thiol groups is 1. The molecule has 0 spiro atoms. The molecule has 1 aliphatic rings. The third-order valence-corrected chi connectivity index (χ3v) is 6.79. The van der Waals surface area contributed by atoms with Crippen molar-refractivity contribution in [3.05, 3.63) is 57.6 Å². The van der Waals surface area contributed by atoms with Crippen molar-refractivity contribution in [1.29, 1.82) is 0 Å². The average molecular weight is 501 g/mol. The molecular weight excluding hydrogens is 469 g/mol. The highest BCUT2D eigenvalue weighted by molar-refractivity contribution is 7.81. The predicted octanol–water partition coefficient (Wildman–Crippen LogP) is 8.17. The minimum atomic E-state index is -4.53. The van der Waals surface area contributed by atoms with Gasteiger partial charge in [0.05, 0.1) is 5.56 Å². The lowest BCUT2D eigenvalue weighted by atomic mass is 9.92. The fourth-order valence-corrected chi connectivity index (χ4v) is 5.00. The Kier molecular flexibility index (Phi) is 7.89. The molecule has 0 aliphatic carbocycles. The van der Waals surface area contributed by atoms with Gasteiger partial charge < -0.3 is 9.47 Å². The number of hydrogen-bond donors (Lipinski definition) is 1. The summed E-state index contributed by atoms with van der Waals surface area (Å²) in [6, 6.07) is 7.80. The van der Waals surface area contributed by atoms with Gasteiger partial charge in [-0.3, -0.25) is 0 Å². The largest absolute Gasteiger partial charge is 0.488 e. The number of fused-ring (bicyclic) bond motifs is 1. The number of benzene rings is 2. The van der Waals surface area contributed by atoms with Gasteiger partial charge >= 0.3 is 6.18 Å². The van der Waals surface area contributed by atoms with Gasteiger partial charge in [0.15, 0.2) is 0 Å². The maximum atomic E-state index is 13.9. The molecule has 182 valence electrons. The van der Waals surface area contributed by atoms with E-state index in [1.165, 1.54) is 12.1 Å². The van der Waals surface area contributed by atoms with E-state index in [0.29, 0.717) is 46.6 Å². The van der Waals surface area contributed by atoms with Gasteiger partial charge in [-0.25, -0.2) is 0 Å². The smallest absolute Gasteiger partial charge is 0.419 e. The minimum absolute atomic E-state index is 0.0187. The van der Waals surface area contributed by atoms with Crippen molar-refractivity contribution >= 4 is 24.2 Å². The summed E-state index contributed by atoms with van der Waals surface area (Å²) in [6.45, 7) is 10.2. The van der Waals surface area contributed by atoms with Crippen LogP contribution in [0.4, 0.5) is 13.2 Å². The van der Waals surface area contributed by atoms with Crippen LogP contribution in [0.5, 0.6) is 11.5 Å². The molecule has 0 fully saturated rings. The molecule has 1 aliphatic heterocycles. The van der Waals surface area contributed by atoms with Crippen LogP contribution in [-0.2, 0) is 25.6 Å². The van der Waals surface area contributed by atoms with Crippen LogP contribution in [0.25, 0.3) is 0 Å². The van der Waals surface area contributed by atoms with Crippen LogP contribution in [0.15, 0.2) is 30.3 Å². The number of hydrogen-bond acceptors (Lipinski definition) is 3. The number of rotatable bonds is 8. The second-order valence-corrected chi connectivity index (χ2v) is 11.2. The zero-order chi connectivity index (χ0) is 24.6. The molecule has 2 unspecified atom stereocenters. The molecule has 3 rings (SSSR count). The fraction of sp³-hybridized carbons (Fsp3) is 0.538. The summed E-state index contributed by atoms with van der Waals surface area (Å²) in [5.74, 6) is 1.25. The van der Waals surface area contributed by atoms with E-state index in [2.05, 4.69) is 33.4 Å². The Bertz CT molecular complexity index is 988. The highest BCUT2D eigenvalue weighted by Gasteiger charge is 2.36. The molecular formula is C26H32ClF3O2S. The summed E-state index contributed by atoms with van der Waals surface area (Å²) < 4.78 is 53.3. The van der Waals surface area contributed by atoms with Crippen molar-refractivity contribution in [2.75, 3.05) is 0 Å². The van der Waals surface area contributed by atoms with E-state index in [1.54, 1.807) is 12.1 Å². The van der Waals surface area contributed by atoms with Gasteiger partial charge in [-0.1, -0.05) is 38.4 Å². The number of halogens is 4. The summed E-state index contributed by atoms with van der Waals surface area (Å²) in [6.07, 6.45) is -2.41. The first-order chi connectivity index (χ1) is 15.2. The Morgan fingerprint density at radius 1 is 1.15 bits per heavy atom. The summed E-state index contributed by atoms with van der Waals surface area (Å²) in [5, 5.41) is 0.491. The van der Waals surface area contributed by atoms with Gasteiger partial charge in [0.1, 0.15) is 23.7 Å². The molecule has 33 heavy (non-hydrogen) atoms. The minimum Gasteiger partial charge on any atom is -0.488 e. The SMILES string of the molecule is CC(C)CC(C)C(S)Cc1ccc(OCc2cc(Cl)cc3c2OC(C)(C)C3)c(C(F)(F)F)c1. The second kappa shape index (κ2) is 9.99. The summed E-state index contributed by atoms with van der Waals surface area (Å²) >= 11 is 10.9. The van der Waals surface area contributed by atoms with Crippen LogP contribution < -0.4 is 9.47 Å². The molecule has 7 heteroatoms. The Morgan fingerprint density at radius 2 is 1.85 bits per heavy atom. The second-order valence-electron chi connectivity index (χ2n) is 10.1. The first-order valence-electron chi connectivity index (χ1n) is 11.3. The van der Waals surface area contributed by atoms with E-state index in [0.717, 1.165) is 12.0 Å². The lowest BCUT2D eigenvalue weighted by Gasteiger charge is -2.22. The van der Waals surface area contributed by atoms with E-state index >= 15 is 0 Å². The van der Waals surface area contributed by atoms with E-state index < -0.39 is 17.3 Å². The average Bonchev–Trinajstić information content (AvgIpc) is 2.99. The number of ether oxygens (including phenoxy) is 2. The maximum absolute atomic E-state index is 13.9. The van der Waals surface area contributed by atoms with Crippen molar-refractivity contribution in [3.63, 3.8) is 0 Å². The molecule has 2 aromatic carbocycles. The Balaban J connectivity index is 1.81. The van der Waals surface area contributed by atoms with Gasteiger partial charge in [-0.05, 0) is 73.9 Å². The molecule has 0 saturated carbocycles. The molecule has 0 bridgehead atoms. The van der Waals surface area contributed by atoms with Gasteiger partial charge in [-0.2, -0.15) is 25.8 Å². The van der Waals surface area contributed by atoms with Crippen LogP contribution in [-0.4, -0.2) is 10.9 Å². The van der Waals surface area contributed by atoms with Gasteiger partial charge in [-0.15, -0.1) is 0 Å². The zero-order valence-corrected chi connectivity index (χ0v) is 21.4. The summed E-state index contributed by atoms with van der Waals surface area (Å²) in [5.41, 5.74) is 0.999. The Morgan fingerprint density at radius 3 is 2.48 bits per heavy atom. The zero-order valence-electron chi connectivity index (χ0n) is 19.7. The van der Waals surface area contributed by atoms with Gasteiger partial charge in [0.25, 0.3) is 0 Å². The molecule has 0 amide bonds. The van der Waals surface area contributed by atoms with Crippen LogP contribution in [0.1, 0.15) is 63.3 Å². The normalized spacial score (nSPS) is 16.9. The molecule has 2 atom stereocenters. The van der Waals surface area contributed by atoms with Gasteiger partial charge in [0, 0.05) is 22.3 Å². The Hall–Kier alpha value is -1.53. The molecule has 0 N–H and O–H groups in total. The lowest BCUT2D eigenvalue weighted by Crippen LogP contribution is -2.25. The monoisotopic (exact) mass is 500 g/mol. The van der Waals surface area contributed by atoms with Crippen LogP contribution in [0.2, 0.25) is 5.02 Å². The Labute approximate surface area is 205 Å². The standard InChI is InChI=1S/C26H32ClF3O2S/c1-15(2)8-16(3)23(33)10-17-6-7-22(21(9-17)26(28,29)30)31-14-19-12-20(27)11-18-13-25(4,5)32-24(18)19/h6-7,9,11-12,15-16,23,33H,8,10,13-14H2,1-5H3. The first kappa shape index (κ1) is 26.1. The van der Waals surface area contributed by atoms with Crippen LogP contribution in [0, 0.1) is 11.8 Å². The molecule has 0 radical (unpaired) electrons. The van der Waals surface area contributed by atoms with Gasteiger partial charge in [0.2, 0.25) is 0 Å². The molecule has 2 aromatic rings. The highest BCUT2D eigenvalue weighted by atomic mass is 35.5. The summed E-state index contributed by atoms with van der Waals surface area (Å²) in [7, 11) is 0. The van der Waals surface area contributed by atoms with E-state index in [1.807, 2.05) is 19.9 Å². The molecule has 1 heterocycles. The van der Waals surface area contributed by atoms with Crippen LogP contribution in [0.3, 0.4) is 0 Å². The summed E-state index contributed by atoms with van der Waals surface area (Å²) in [4.78, 5) is 0. The molecule has 0 saturated heterocycles. The van der Waals surface area contributed by atoms with E-state index in [9.17, 15) is 13.2 Å². The quantitative estimate of drug-likeness (QED) is 0.368. The van der Waals surface area contributed by atoms with Crippen molar-refractivity contribution < 1.29 is 22.6 Å². The van der Waals surface area contributed by atoms with E-state index in [-0.39, 0.29) is 17.6 Å². The molecule has 0 aromatic heterocycles. The lowest BCUT2D eigenvalue weighted by molar-refractivity contribution is -0.139. The van der Waals surface area contributed by atoms with Crippen molar-refractivity contribution in [3.8, 4) is 11.5 Å². The third-order valence-electron chi connectivity index (χ3n) is 5.88. The maximum Gasteiger partial charge on any atom is 0.419 e. The van der Waals surface area contributed by atoms with Crippen molar-refractivity contribution in [1.82, 2.24) is 0 Å². The highest BCUT2D eigenvalue weighted by Crippen LogP contribution is 2.41. The predicted molar refractivity (Wildman–Crippen MR) is 131 cm³/mol. The van der Waals surface area contributed by atoms with Crippen molar-refractivity contribution in [2.24, 2.45) is 11.8 Å². The number of alkyl halides is 3. The fourth-order valence-electron chi connectivity index (χ4n) is 4.40. The van der Waals surface area contributed by atoms with Crippen LogP contribution >= 0.6 is 24.2 Å². The van der Waals surface area contributed by atoms with E-state index in [4.69, 9.17) is 21.1 Å². The molecule has 2 nitrogen and oxygen atoms in total. The first-order valence-corrected chi connectivity index (χ1v) is 12.2.